The zero-order valence-corrected chi connectivity index (χ0v) is 65.3. The number of anilines is 6. The van der Waals surface area contributed by atoms with Gasteiger partial charge in [-0.15, -0.1) is 22.7 Å². The van der Waals surface area contributed by atoms with E-state index in [-0.39, 0.29) is 0 Å². The van der Waals surface area contributed by atoms with Crippen LogP contribution in [0.25, 0.3) is 194 Å². The first kappa shape index (κ1) is 67.4. The predicted molar refractivity (Wildman–Crippen MR) is 503 cm³/mol. The number of nitrogens with zero attached hydrogens (tertiary/aromatic N) is 4. The summed E-state index contributed by atoms with van der Waals surface area (Å²) in [4.78, 5) is 4.71. The van der Waals surface area contributed by atoms with E-state index >= 15 is 0 Å². The number of para-hydroxylation sites is 3. The van der Waals surface area contributed by atoms with Crippen molar-refractivity contribution in [3.8, 4) is 44.8 Å². The van der Waals surface area contributed by atoms with Gasteiger partial charge in [-0.25, -0.2) is 0 Å². The van der Waals surface area contributed by atoms with E-state index in [0.29, 0.717) is 0 Å². The Labute approximate surface area is 686 Å². The molecule has 25 aromatic rings. The molecule has 0 amide bonds. The van der Waals surface area contributed by atoms with Crippen molar-refractivity contribution in [3.05, 3.63) is 413 Å². The van der Waals surface area contributed by atoms with Crippen LogP contribution in [0.3, 0.4) is 0 Å². The molecule has 6 aromatic heterocycles. The number of fused-ring (bicyclic) bond motifs is 21. The van der Waals surface area contributed by atoms with Crippen LogP contribution in [0.5, 0.6) is 0 Å². The predicted octanol–water partition coefficient (Wildman–Crippen LogP) is 32.3. The normalized spacial score (nSPS) is 11.9. The molecule has 0 saturated heterocycles. The second-order valence-electron chi connectivity index (χ2n) is 30.7. The van der Waals surface area contributed by atoms with Crippen LogP contribution in [0.15, 0.2) is 421 Å². The first-order valence-electron chi connectivity index (χ1n) is 40.1. The summed E-state index contributed by atoms with van der Waals surface area (Å²) in [7, 11) is 0. The van der Waals surface area contributed by atoms with E-state index in [1.807, 2.05) is 46.9 Å². The van der Waals surface area contributed by atoms with Gasteiger partial charge >= 0.3 is 0 Å². The summed E-state index contributed by atoms with van der Waals surface area (Å²) < 4.78 is 22.7. The molecular weight excluding hydrogens is 1470 g/mol. The van der Waals surface area contributed by atoms with Crippen molar-refractivity contribution in [1.82, 2.24) is 9.13 Å². The summed E-state index contributed by atoms with van der Waals surface area (Å²) >= 11 is 3.73. The smallest absolute Gasteiger partial charge is 0.137 e. The topological polar surface area (TPSA) is 42.6 Å². The summed E-state index contributed by atoms with van der Waals surface area (Å²) in [6.45, 7) is 0. The molecule has 6 heterocycles. The van der Waals surface area contributed by atoms with Crippen molar-refractivity contribution >= 4 is 206 Å². The van der Waals surface area contributed by atoms with E-state index in [2.05, 4.69) is 407 Å². The molecule has 8 heteroatoms. The van der Waals surface area contributed by atoms with Crippen LogP contribution in [0.2, 0.25) is 0 Å². The molecule has 6 nitrogen and oxygen atoms in total. The van der Waals surface area contributed by atoms with Gasteiger partial charge in [-0.2, -0.15) is 0 Å². The Morgan fingerprint density at radius 1 is 0.186 bits per heavy atom. The van der Waals surface area contributed by atoms with E-state index in [1.54, 1.807) is 0 Å². The van der Waals surface area contributed by atoms with Crippen LogP contribution >= 0.6 is 22.7 Å². The lowest BCUT2D eigenvalue weighted by atomic mass is 9.99. The zero-order chi connectivity index (χ0) is 77.5. The Morgan fingerprint density at radius 3 is 1.22 bits per heavy atom. The maximum Gasteiger partial charge on any atom is 0.137 e. The first-order valence-corrected chi connectivity index (χ1v) is 41.7. The minimum absolute atomic E-state index is 0.871. The fourth-order valence-corrected chi connectivity index (χ4v) is 20.6. The number of aromatic nitrogens is 2. The van der Waals surface area contributed by atoms with Crippen LogP contribution in [-0.4, -0.2) is 9.13 Å². The van der Waals surface area contributed by atoms with Gasteiger partial charge in [-0.3, -0.25) is 0 Å². The third kappa shape index (κ3) is 11.2. The molecule has 25 rings (SSSR count). The summed E-state index contributed by atoms with van der Waals surface area (Å²) in [5, 5.41) is 19.7. The van der Waals surface area contributed by atoms with E-state index < -0.39 is 0 Å². The number of furan rings is 2. The first-order chi connectivity index (χ1) is 58.4. The van der Waals surface area contributed by atoms with Crippen molar-refractivity contribution < 1.29 is 8.83 Å². The van der Waals surface area contributed by atoms with E-state index in [4.69, 9.17) is 8.83 Å². The van der Waals surface area contributed by atoms with Gasteiger partial charge in [0, 0.05) is 141 Å². The number of hydrogen-bond donors (Lipinski definition) is 0. The highest BCUT2D eigenvalue weighted by Gasteiger charge is 2.23. The molecular formula is C110H68N4O2S2. The van der Waals surface area contributed by atoms with Crippen molar-refractivity contribution in [2.45, 2.75) is 0 Å². The van der Waals surface area contributed by atoms with Crippen molar-refractivity contribution in [3.63, 3.8) is 0 Å². The summed E-state index contributed by atoms with van der Waals surface area (Å²) in [5.74, 6) is 0. The molecule has 118 heavy (non-hydrogen) atoms. The van der Waals surface area contributed by atoms with E-state index in [0.717, 1.165) is 100 Å². The minimum Gasteiger partial charge on any atom is -0.456 e. The van der Waals surface area contributed by atoms with Gasteiger partial charge < -0.3 is 27.8 Å². The lowest BCUT2D eigenvalue weighted by Gasteiger charge is -2.26. The highest BCUT2D eigenvalue weighted by Crippen LogP contribution is 2.47. The highest BCUT2D eigenvalue weighted by atomic mass is 32.1. The number of thiophene rings is 2. The van der Waals surface area contributed by atoms with Crippen molar-refractivity contribution in [2.24, 2.45) is 0 Å². The average molecular weight is 1540 g/mol. The number of hydrogen-bond acceptors (Lipinski definition) is 6. The molecule has 0 N–H and O–H groups in total. The molecule has 0 aliphatic heterocycles. The van der Waals surface area contributed by atoms with Gasteiger partial charge in [0.25, 0.3) is 0 Å². The van der Waals surface area contributed by atoms with Gasteiger partial charge in [-0.1, -0.05) is 243 Å². The maximum atomic E-state index is 6.36. The molecule has 0 radical (unpaired) electrons. The molecule has 19 aromatic carbocycles. The third-order valence-electron chi connectivity index (χ3n) is 24.0. The fourth-order valence-electron chi connectivity index (χ4n) is 18.3. The second kappa shape index (κ2) is 27.3. The van der Waals surface area contributed by atoms with E-state index in [9.17, 15) is 0 Å². The Kier molecular flexibility index (Phi) is 15.6. The summed E-state index contributed by atoms with van der Waals surface area (Å²) in [5.41, 5.74) is 24.3. The molecule has 0 fully saturated rings. The van der Waals surface area contributed by atoms with Crippen LogP contribution in [-0.2, 0) is 0 Å². The van der Waals surface area contributed by atoms with Crippen molar-refractivity contribution in [2.75, 3.05) is 9.80 Å². The Balaban J connectivity index is 0.000000135. The average Bonchev–Trinajstić information content (AvgIpc) is 1.58. The third-order valence-corrected chi connectivity index (χ3v) is 26.2. The van der Waals surface area contributed by atoms with Crippen LogP contribution < -0.4 is 9.80 Å². The largest absolute Gasteiger partial charge is 0.456 e. The fraction of sp³-hybridized carbons (Fsp3) is 0. The van der Waals surface area contributed by atoms with Crippen molar-refractivity contribution in [1.29, 1.82) is 0 Å². The van der Waals surface area contributed by atoms with Crippen LogP contribution in [0.4, 0.5) is 34.1 Å². The highest BCUT2D eigenvalue weighted by molar-refractivity contribution is 7.26. The quantitative estimate of drug-likeness (QED) is 0.129. The number of rotatable bonds is 11. The van der Waals surface area contributed by atoms with E-state index in [1.165, 1.54) is 128 Å². The van der Waals surface area contributed by atoms with Gasteiger partial charge in [0.1, 0.15) is 22.3 Å². The monoisotopic (exact) mass is 1540 g/mol. The Hall–Kier alpha value is -15.1. The maximum absolute atomic E-state index is 6.36. The second-order valence-corrected chi connectivity index (χ2v) is 32.8. The zero-order valence-electron chi connectivity index (χ0n) is 63.7. The molecule has 552 valence electrons. The van der Waals surface area contributed by atoms with Gasteiger partial charge in [0.2, 0.25) is 0 Å². The SMILES string of the molecule is c1ccc(-c2ccc(N(c3ccc(-c4ccc5c(c4)c4c6ccccc6ccc4n5-c4ccc5c(c4)sc4ccccc45)cc3)c3ccc4c(c3)sc3ccccc34)cc2)cc1.c1ccc2cc(N(c3ccc(-c4ccc5c(c4)c4ccccc4n5-c4ccc5c(c4)oc4ccccc45)cc3)c3ccc4c(c3)oc3ccccc34)ccc2c1. The summed E-state index contributed by atoms with van der Waals surface area (Å²) in [6, 6.07) is 150. The van der Waals surface area contributed by atoms with Crippen LogP contribution in [0, 0.1) is 0 Å². The lowest BCUT2D eigenvalue weighted by Crippen LogP contribution is -2.09. The molecule has 0 unspecified atom stereocenters. The van der Waals surface area contributed by atoms with Gasteiger partial charge in [0.15, 0.2) is 0 Å². The molecule has 0 bridgehead atoms. The number of benzene rings is 19. The molecule has 0 saturated carbocycles. The Bertz CT molecular complexity index is 8330. The molecule has 0 aliphatic rings. The molecule has 0 spiro atoms. The standard InChI is InChI=1S/C58H36N2S2.C52H32N2O2/c1-2-10-37(11-3-1)38-18-24-42(25-19-38)59(44-28-30-49-47-14-6-8-16-54(47)61-56(49)35-44)43-26-20-39(21-27-43)41-23-32-52-51(34-41)58-46-13-5-4-12-40(46)22-33-53(58)60(52)45-29-31-50-48-15-7-9-17-55(48)62-57(50)36-45;1-2-10-35-29-38(23-19-33(35)9-1)53(39-24-26-44-42-12-4-7-15-49(42)55-51(44)31-39)37-21-17-34(18-22-37)36-20-28-48-46(30-36)41-11-3-6-14-47(41)54(48)40-25-27-45-43-13-5-8-16-50(43)56-52(45)32-40/h1-36H;1-32H. The van der Waals surface area contributed by atoms with Gasteiger partial charge in [-0.05, 0) is 213 Å². The van der Waals surface area contributed by atoms with Gasteiger partial charge in [0.05, 0.1) is 22.1 Å². The lowest BCUT2D eigenvalue weighted by molar-refractivity contribution is 0.668. The Morgan fingerprint density at radius 2 is 0.568 bits per heavy atom. The van der Waals surface area contributed by atoms with Crippen LogP contribution in [0.1, 0.15) is 0 Å². The molecule has 0 atom stereocenters. The minimum atomic E-state index is 0.871. The molecule has 0 aliphatic carbocycles. The summed E-state index contributed by atoms with van der Waals surface area (Å²) in [6.07, 6.45) is 0.